The van der Waals surface area contributed by atoms with Crippen molar-refractivity contribution >= 4 is 10.2 Å². The minimum atomic E-state index is -9.74. The molecule has 1 aromatic rings. The third kappa shape index (κ3) is 3.28. The molecule has 0 amide bonds. The zero-order valence-corrected chi connectivity index (χ0v) is 11.1. The van der Waals surface area contributed by atoms with E-state index in [9.17, 15) is 19.4 Å². The first-order chi connectivity index (χ1) is 7.86. The van der Waals surface area contributed by atoms with Crippen molar-refractivity contribution in [1.82, 2.24) is 0 Å². The molecule has 0 aliphatic heterocycles. The molecule has 0 aromatic heterocycles. The van der Waals surface area contributed by atoms with Gasteiger partial charge in [-0.2, -0.15) is 0 Å². The van der Waals surface area contributed by atoms with Gasteiger partial charge in [-0.15, -0.1) is 0 Å². The smallest absolute Gasteiger partial charge is 0.314 e. The van der Waals surface area contributed by atoms with Gasteiger partial charge in [-0.3, -0.25) is 0 Å². The Kier molecular flexibility index (Phi) is 3.15. The van der Waals surface area contributed by atoms with E-state index in [1.54, 1.807) is 6.92 Å². The lowest BCUT2D eigenvalue weighted by atomic mass is 10.1. The molecule has 0 atom stereocenters. The largest absolute Gasteiger partial charge is 0.492 e. The summed E-state index contributed by atoms with van der Waals surface area (Å²) in [5.41, 5.74) is -0.329. The summed E-state index contributed by atoms with van der Waals surface area (Å²) in [6, 6.07) is 2.29. The minimum Gasteiger partial charge on any atom is -0.492 e. The second kappa shape index (κ2) is 3.76. The van der Waals surface area contributed by atoms with Gasteiger partial charge in [0, 0.05) is 0 Å². The molecule has 0 unspecified atom stereocenters. The number of aryl methyl sites for hydroxylation is 1. The Hall–Kier alpha value is -0.980. The molecular weight excluding hydrogens is 275 g/mol. The highest BCUT2D eigenvalue weighted by atomic mass is 32.5. The van der Waals surface area contributed by atoms with Crippen LogP contribution in [0.2, 0.25) is 0 Å². The van der Waals surface area contributed by atoms with Gasteiger partial charge >= 0.3 is 10.2 Å². The van der Waals surface area contributed by atoms with Crippen LogP contribution in [0.4, 0.5) is 19.4 Å². The lowest BCUT2D eigenvalue weighted by Gasteiger charge is -2.42. The highest BCUT2D eigenvalue weighted by Gasteiger charge is 2.68. The van der Waals surface area contributed by atoms with Gasteiger partial charge in [-0.25, -0.2) is 0 Å². The van der Waals surface area contributed by atoms with Crippen molar-refractivity contribution in [2.45, 2.75) is 32.1 Å². The number of rotatable bonds is 4. The van der Waals surface area contributed by atoms with Crippen LogP contribution >= 0.6 is 10.2 Å². The molecule has 0 aliphatic rings. The second-order valence-corrected chi connectivity index (χ2v) is 6.50. The number of benzene rings is 1. The van der Waals surface area contributed by atoms with Crippen LogP contribution in [-0.2, 0) is 0 Å². The molecular formula is C11H15F5OS. The molecule has 7 heteroatoms. The molecule has 0 saturated carbocycles. The molecule has 0 aliphatic carbocycles. The molecule has 0 bridgehead atoms. The van der Waals surface area contributed by atoms with Crippen LogP contribution in [0.15, 0.2) is 17.0 Å². The van der Waals surface area contributed by atoms with Gasteiger partial charge in [0.1, 0.15) is 5.75 Å². The fourth-order valence-corrected chi connectivity index (χ4v) is 2.82. The maximum atomic E-state index is 13.0. The summed E-state index contributed by atoms with van der Waals surface area (Å²) in [4.78, 5) is -1.90. The Bertz CT molecular complexity index is 466. The molecule has 0 fully saturated rings. The molecule has 0 N–H and O–H groups in total. The van der Waals surface area contributed by atoms with Crippen LogP contribution in [-0.4, -0.2) is 6.61 Å². The van der Waals surface area contributed by atoms with Crippen molar-refractivity contribution in [1.29, 1.82) is 0 Å². The summed E-state index contributed by atoms with van der Waals surface area (Å²) < 4.78 is 69.8. The van der Waals surface area contributed by atoms with Crippen LogP contribution < -0.4 is 4.74 Å². The van der Waals surface area contributed by atoms with Crippen LogP contribution in [0, 0.1) is 13.8 Å². The lowest BCUT2D eigenvalue weighted by molar-refractivity contribution is 0.295. The van der Waals surface area contributed by atoms with Crippen molar-refractivity contribution < 1.29 is 24.2 Å². The van der Waals surface area contributed by atoms with Gasteiger partial charge in [0.05, 0.1) is 6.61 Å². The number of hydrogen-bond donors (Lipinski definition) is 0. The summed E-state index contributed by atoms with van der Waals surface area (Å²) in [5.74, 6) is -0.792. The predicted molar refractivity (Wildman–Crippen MR) is 63.1 cm³/mol. The predicted octanol–water partition coefficient (Wildman–Crippen LogP) is 5.75. The van der Waals surface area contributed by atoms with E-state index < -0.39 is 26.4 Å². The zero-order chi connectivity index (χ0) is 14.3. The van der Waals surface area contributed by atoms with E-state index in [0.29, 0.717) is 6.42 Å². The topological polar surface area (TPSA) is 9.23 Å². The van der Waals surface area contributed by atoms with Crippen LogP contribution in [0.3, 0.4) is 0 Å². The van der Waals surface area contributed by atoms with Crippen molar-refractivity contribution in [2.24, 2.45) is 0 Å². The van der Waals surface area contributed by atoms with E-state index >= 15 is 0 Å². The maximum absolute atomic E-state index is 13.0. The SMILES string of the molecule is CCCOc1ccc(C)c(C)c1S(F)(F)(F)(F)F. The Balaban J connectivity index is 3.55. The van der Waals surface area contributed by atoms with E-state index in [1.807, 2.05) is 0 Å². The van der Waals surface area contributed by atoms with Gasteiger partial charge in [0.2, 0.25) is 0 Å². The van der Waals surface area contributed by atoms with Crippen molar-refractivity contribution in [3.8, 4) is 5.75 Å². The molecule has 1 nitrogen and oxygen atoms in total. The van der Waals surface area contributed by atoms with Crippen LogP contribution in [0.1, 0.15) is 24.5 Å². The monoisotopic (exact) mass is 290 g/mol. The van der Waals surface area contributed by atoms with Gasteiger partial charge in [0.15, 0.2) is 4.90 Å². The van der Waals surface area contributed by atoms with E-state index in [1.165, 1.54) is 13.0 Å². The van der Waals surface area contributed by atoms with Gasteiger partial charge in [-0.05, 0) is 37.5 Å². The molecule has 0 saturated heterocycles. The van der Waals surface area contributed by atoms with Crippen molar-refractivity contribution in [2.75, 3.05) is 6.61 Å². The van der Waals surface area contributed by atoms with Crippen molar-refractivity contribution in [3.05, 3.63) is 23.3 Å². The first-order valence-corrected chi connectivity index (χ1v) is 7.29. The molecule has 1 aromatic carbocycles. The Morgan fingerprint density at radius 1 is 1.06 bits per heavy atom. The summed E-state index contributed by atoms with van der Waals surface area (Å²) in [6.45, 7) is 4.02. The maximum Gasteiger partial charge on any atom is 0.314 e. The lowest BCUT2D eigenvalue weighted by Crippen LogP contribution is -2.12. The minimum absolute atomic E-state index is 0.0384. The average molecular weight is 290 g/mol. The third-order valence-corrected chi connectivity index (χ3v) is 3.77. The van der Waals surface area contributed by atoms with E-state index in [2.05, 4.69) is 0 Å². The Morgan fingerprint density at radius 2 is 1.61 bits per heavy atom. The molecule has 0 heterocycles. The molecule has 0 spiro atoms. The fourth-order valence-electron chi connectivity index (χ4n) is 1.57. The van der Waals surface area contributed by atoms with Gasteiger partial charge in [-0.1, -0.05) is 32.4 Å². The quantitative estimate of drug-likeness (QED) is 0.641. The van der Waals surface area contributed by atoms with Crippen LogP contribution in [0.25, 0.3) is 0 Å². The molecule has 18 heavy (non-hydrogen) atoms. The highest BCUT2D eigenvalue weighted by molar-refractivity contribution is 8.45. The third-order valence-electron chi connectivity index (χ3n) is 2.49. The summed E-state index contributed by atoms with van der Waals surface area (Å²) in [5, 5.41) is 0. The standard InChI is InChI=1S/C11H15F5OS/c1-4-7-17-10-6-5-8(2)9(3)11(10)18(12,13,14,15)16/h5-6H,4,7H2,1-3H3. The summed E-state index contributed by atoms with van der Waals surface area (Å²) in [6.07, 6.45) is 0.437. The number of hydrogen-bond acceptors (Lipinski definition) is 1. The second-order valence-electron chi connectivity index (χ2n) is 4.15. The van der Waals surface area contributed by atoms with Gasteiger partial charge < -0.3 is 4.74 Å². The summed E-state index contributed by atoms with van der Waals surface area (Å²) in [7, 11) is -9.74. The first-order valence-electron chi connectivity index (χ1n) is 5.34. The normalized spacial score (nSPS) is 16.0. The van der Waals surface area contributed by atoms with E-state index in [0.717, 1.165) is 13.0 Å². The number of halogens is 5. The van der Waals surface area contributed by atoms with Crippen molar-refractivity contribution in [3.63, 3.8) is 0 Å². The van der Waals surface area contributed by atoms with E-state index in [4.69, 9.17) is 4.74 Å². The molecule has 1 rings (SSSR count). The van der Waals surface area contributed by atoms with E-state index in [-0.39, 0.29) is 12.2 Å². The summed E-state index contributed by atoms with van der Waals surface area (Å²) >= 11 is 0. The fraction of sp³-hybridized carbons (Fsp3) is 0.455. The highest BCUT2D eigenvalue weighted by Crippen LogP contribution is 3.03. The van der Waals surface area contributed by atoms with Gasteiger partial charge in [0.25, 0.3) is 0 Å². The number of ether oxygens (including phenoxy) is 1. The molecule has 0 radical (unpaired) electrons. The molecule has 106 valence electrons. The Labute approximate surface area is 103 Å². The first kappa shape index (κ1) is 15.1. The Morgan fingerprint density at radius 3 is 2.06 bits per heavy atom. The zero-order valence-electron chi connectivity index (χ0n) is 10.3. The average Bonchev–Trinajstić information content (AvgIpc) is 2.15. The van der Waals surface area contributed by atoms with Crippen LogP contribution in [0.5, 0.6) is 5.75 Å².